The van der Waals surface area contributed by atoms with E-state index in [2.05, 4.69) is 10.6 Å². The molecule has 35 heavy (non-hydrogen) atoms. The highest BCUT2D eigenvalue weighted by Gasteiger charge is 2.19. The number of anilines is 2. The first-order valence-corrected chi connectivity index (χ1v) is 11.3. The Morgan fingerprint density at radius 2 is 1.60 bits per heavy atom. The molecule has 0 aliphatic rings. The summed E-state index contributed by atoms with van der Waals surface area (Å²) in [6.45, 7) is 4.27. The number of hydrogen-bond acceptors (Lipinski definition) is 3. The number of nitrogens with zero attached hydrogens (tertiary/aromatic N) is 2. The summed E-state index contributed by atoms with van der Waals surface area (Å²) in [5, 5.41) is 5.71. The van der Waals surface area contributed by atoms with Crippen LogP contribution < -0.4 is 15.5 Å². The van der Waals surface area contributed by atoms with Crippen molar-refractivity contribution < 1.29 is 18.4 Å². The molecule has 3 aromatic rings. The number of rotatable bonds is 8. The summed E-state index contributed by atoms with van der Waals surface area (Å²) >= 11 is 0. The summed E-state index contributed by atoms with van der Waals surface area (Å²) in [5.74, 6) is -1.27. The molecule has 3 rings (SSSR count). The third-order valence-electron chi connectivity index (χ3n) is 5.25. The van der Waals surface area contributed by atoms with Crippen molar-refractivity contribution in [1.82, 2.24) is 10.2 Å². The Kier molecular flexibility index (Phi) is 8.41. The molecular weight excluding hydrogens is 450 g/mol. The van der Waals surface area contributed by atoms with Crippen LogP contribution in [-0.2, 0) is 13.1 Å². The average molecular weight is 481 g/mol. The van der Waals surface area contributed by atoms with Crippen LogP contribution in [0.3, 0.4) is 0 Å². The average Bonchev–Trinajstić information content (AvgIpc) is 2.79. The molecule has 0 saturated heterocycles. The molecule has 2 N–H and O–H groups in total. The van der Waals surface area contributed by atoms with Crippen molar-refractivity contribution in [3.05, 3.63) is 95.1 Å². The van der Waals surface area contributed by atoms with Crippen LogP contribution in [0.5, 0.6) is 0 Å². The van der Waals surface area contributed by atoms with Crippen LogP contribution in [0.4, 0.5) is 25.0 Å². The number of carbonyl (C=O) groups excluding carboxylic acids is 2. The molecule has 0 radical (unpaired) electrons. The lowest BCUT2D eigenvalue weighted by molar-refractivity contribution is 0.102. The van der Waals surface area contributed by atoms with Crippen LogP contribution in [-0.4, -0.2) is 37.0 Å². The van der Waals surface area contributed by atoms with Crippen LogP contribution in [0.2, 0.25) is 0 Å². The van der Waals surface area contributed by atoms with E-state index in [-0.39, 0.29) is 36.5 Å². The standard InChI is InChI=1S/C27H30F2N4O2/c1-18(2)30-27(35)33(16-19-8-10-22(28)11-9-19)17-21-15-24(12-13-25(21)32(3)4)31-26(34)20-6-5-7-23(29)14-20/h5-15,18H,16-17H2,1-4H3,(H,30,35)(H,31,34). The highest BCUT2D eigenvalue weighted by molar-refractivity contribution is 6.04. The van der Waals surface area contributed by atoms with Crippen molar-refractivity contribution >= 4 is 23.3 Å². The summed E-state index contributed by atoms with van der Waals surface area (Å²) in [5.41, 5.74) is 3.18. The van der Waals surface area contributed by atoms with Gasteiger partial charge in [0.15, 0.2) is 0 Å². The molecule has 0 aliphatic heterocycles. The van der Waals surface area contributed by atoms with E-state index in [0.717, 1.165) is 16.8 Å². The Morgan fingerprint density at radius 1 is 0.886 bits per heavy atom. The van der Waals surface area contributed by atoms with Crippen molar-refractivity contribution in [3.8, 4) is 0 Å². The molecule has 3 aromatic carbocycles. The summed E-state index contributed by atoms with van der Waals surface area (Å²) in [4.78, 5) is 29.2. The van der Waals surface area contributed by atoms with Crippen LogP contribution in [0, 0.1) is 11.6 Å². The molecule has 0 saturated carbocycles. The van der Waals surface area contributed by atoms with Gasteiger partial charge in [0, 0.05) is 50.2 Å². The van der Waals surface area contributed by atoms with Gasteiger partial charge in [-0.3, -0.25) is 4.79 Å². The first-order chi connectivity index (χ1) is 16.6. The number of urea groups is 1. The number of nitrogens with one attached hydrogen (secondary N) is 2. The van der Waals surface area contributed by atoms with E-state index in [0.29, 0.717) is 5.69 Å². The van der Waals surface area contributed by atoms with E-state index >= 15 is 0 Å². The second kappa shape index (κ2) is 11.5. The SMILES string of the molecule is CC(C)NC(=O)N(Cc1ccc(F)cc1)Cc1cc(NC(=O)c2cccc(F)c2)ccc1N(C)C. The topological polar surface area (TPSA) is 64.7 Å². The van der Waals surface area contributed by atoms with E-state index in [1.807, 2.05) is 38.9 Å². The number of carbonyl (C=O) groups is 2. The zero-order chi connectivity index (χ0) is 25.5. The number of halogens is 2. The summed E-state index contributed by atoms with van der Waals surface area (Å²) in [6, 6.07) is 16.6. The van der Waals surface area contributed by atoms with E-state index < -0.39 is 11.7 Å². The molecule has 0 aromatic heterocycles. The fourth-order valence-corrected chi connectivity index (χ4v) is 3.61. The van der Waals surface area contributed by atoms with Gasteiger partial charge >= 0.3 is 6.03 Å². The minimum atomic E-state index is -0.492. The molecule has 0 atom stereocenters. The molecule has 0 fully saturated rings. The van der Waals surface area contributed by atoms with Crippen LogP contribution in [0.15, 0.2) is 66.7 Å². The minimum absolute atomic E-state index is 0.0663. The van der Waals surface area contributed by atoms with Gasteiger partial charge in [-0.25, -0.2) is 13.6 Å². The molecule has 0 bridgehead atoms. The monoisotopic (exact) mass is 480 g/mol. The third-order valence-corrected chi connectivity index (χ3v) is 5.25. The molecule has 8 heteroatoms. The lowest BCUT2D eigenvalue weighted by Crippen LogP contribution is -2.42. The number of hydrogen-bond donors (Lipinski definition) is 2. The van der Waals surface area contributed by atoms with E-state index in [1.165, 1.54) is 36.4 Å². The van der Waals surface area contributed by atoms with Crippen LogP contribution in [0.25, 0.3) is 0 Å². The molecule has 184 valence electrons. The normalized spacial score (nSPS) is 10.7. The fourth-order valence-electron chi connectivity index (χ4n) is 3.61. The summed E-state index contributed by atoms with van der Waals surface area (Å²) < 4.78 is 26.9. The maximum absolute atomic E-state index is 13.5. The quantitative estimate of drug-likeness (QED) is 0.454. The minimum Gasteiger partial charge on any atom is -0.377 e. The lowest BCUT2D eigenvalue weighted by Gasteiger charge is -2.27. The molecular formula is C27H30F2N4O2. The van der Waals surface area contributed by atoms with Crippen LogP contribution >= 0.6 is 0 Å². The Bertz CT molecular complexity index is 1180. The number of amides is 3. The highest BCUT2D eigenvalue weighted by Crippen LogP contribution is 2.26. The van der Waals surface area contributed by atoms with Crippen molar-refractivity contribution in [2.24, 2.45) is 0 Å². The second-order valence-electron chi connectivity index (χ2n) is 8.79. The van der Waals surface area contributed by atoms with E-state index in [9.17, 15) is 18.4 Å². The first-order valence-electron chi connectivity index (χ1n) is 11.3. The zero-order valence-corrected chi connectivity index (χ0v) is 20.3. The Morgan fingerprint density at radius 3 is 2.23 bits per heavy atom. The van der Waals surface area contributed by atoms with Gasteiger partial charge < -0.3 is 20.4 Å². The van der Waals surface area contributed by atoms with Gasteiger partial charge in [0.05, 0.1) is 0 Å². The van der Waals surface area contributed by atoms with E-state index in [4.69, 9.17) is 0 Å². The molecule has 3 amide bonds. The molecule has 6 nitrogen and oxygen atoms in total. The van der Waals surface area contributed by atoms with Gasteiger partial charge in [0.2, 0.25) is 0 Å². The van der Waals surface area contributed by atoms with Crippen molar-refractivity contribution in [3.63, 3.8) is 0 Å². The van der Waals surface area contributed by atoms with Crippen LogP contribution in [0.1, 0.15) is 35.3 Å². The maximum Gasteiger partial charge on any atom is 0.318 e. The second-order valence-corrected chi connectivity index (χ2v) is 8.79. The summed E-state index contributed by atoms with van der Waals surface area (Å²) in [6.07, 6.45) is 0. The van der Waals surface area contributed by atoms with Crippen molar-refractivity contribution in [2.45, 2.75) is 33.0 Å². The van der Waals surface area contributed by atoms with Gasteiger partial charge in [-0.2, -0.15) is 0 Å². The molecule has 0 heterocycles. The third kappa shape index (κ3) is 7.27. The van der Waals surface area contributed by atoms with Crippen molar-refractivity contribution in [1.29, 1.82) is 0 Å². The number of benzene rings is 3. The first kappa shape index (κ1) is 25.7. The fraction of sp³-hybridized carbons (Fsp3) is 0.259. The summed E-state index contributed by atoms with van der Waals surface area (Å²) in [7, 11) is 3.78. The molecule has 0 spiro atoms. The van der Waals surface area contributed by atoms with Gasteiger partial charge in [0.1, 0.15) is 11.6 Å². The molecule has 0 aliphatic carbocycles. The zero-order valence-electron chi connectivity index (χ0n) is 20.3. The van der Waals surface area contributed by atoms with Gasteiger partial charge in [-0.1, -0.05) is 18.2 Å². The van der Waals surface area contributed by atoms with Crippen molar-refractivity contribution in [2.75, 3.05) is 24.3 Å². The maximum atomic E-state index is 13.5. The van der Waals surface area contributed by atoms with Gasteiger partial charge in [-0.05, 0) is 73.5 Å². The largest absolute Gasteiger partial charge is 0.377 e. The Hall–Kier alpha value is -3.94. The predicted molar refractivity (Wildman–Crippen MR) is 134 cm³/mol. The smallest absolute Gasteiger partial charge is 0.318 e. The lowest BCUT2D eigenvalue weighted by atomic mass is 10.1. The highest BCUT2D eigenvalue weighted by atomic mass is 19.1. The Labute approximate surface area is 204 Å². The predicted octanol–water partition coefficient (Wildman–Crippen LogP) is 5.40. The van der Waals surface area contributed by atoms with E-state index in [1.54, 1.807) is 29.2 Å². The molecule has 0 unspecified atom stereocenters. The van der Waals surface area contributed by atoms with Gasteiger partial charge in [0.25, 0.3) is 5.91 Å². The Balaban J connectivity index is 1.89. The van der Waals surface area contributed by atoms with Gasteiger partial charge in [-0.15, -0.1) is 0 Å².